The van der Waals surface area contributed by atoms with Crippen molar-refractivity contribution >= 4 is 17.8 Å². The molecule has 0 radical (unpaired) electrons. The van der Waals surface area contributed by atoms with Crippen LogP contribution in [0.15, 0.2) is 41.4 Å². The van der Waals surface area contributed by atoms with Crippen LogP contribution in [0.3, 0.4) is 0 Å². The zero-order chi connectivity index (χ0) is 28.1. The number of ether oxygens (including phenoxy) is 2. The lowest BCUT2D eigenvalue weighted by atomic mass is 9.84. The minimum absolute atomic E-state index is 0.00651. The summed E-state index contributed by atoms with van der Waals surface area (Å²) in [5.74, 6) is 1.61. The van der Waals surface area contributed by atoms with Crippen LogP contribution in [0.2, 0.25) is 0 Å². The monoisotopic (exact) mass is 544 g/mol. The van der Waals surface area contributed by atoms with Gasteiger partial charge in [0.25, 0.3) is 5.91 Å². The number of carbonyl (C=O) groups is 2. The van der Waals surface area contributed by atoms with Gasteiger partial charge in [-0.15, -0.1) is 0 Å². The molecule has 3 N–H and O–H groups in total. The van der Waals surface area contributed by atoms with Crippen LogP contribution in [0.5, 0.6) is 11.5 Å². The van der Waals surface area contributed by atoms with Crippen LogP contribution in [0, 0.1) is 0 Å². The predicted octanol–water partition coefficient (Wildman–Crippen LogP) is 5.35. The van der Waals surface area contributed by atoms with Gasteiger partial charge in [-0.1, -0.05) is 31.9 Å². The highest BCUT2D eigenvalue weighted by molar-refractivity contribution is 6.00. The largest absolute Gasteiger partial charge is 0.493 e. The molecule has 0 aliphatic carbocycles. The van der Waals surface area contributed by atoms with Gasteiger partial charge in [0.1, 0.15) is 17.1 Å². The van der Waals surface area contributed by atoms with Crippen molar-refractivity contribution in [3.63, 3.8) is 0 Å². The Balaban J connectivity index is 1.41. The summed E-state index contributed by atoms with van der Waals surface area (Å²) in [6.07, 6.45) is 7.23. The van der Waals surface area contributed by atoms with Crippen molar-refractivity contribution in [3.05, 3.63) is 58.7 Å². The Morgan fingerprint density at radius 3 is 2.70 bits per heavy atom. The fourth-order valence-corrected chi connectivity index (χ4v) is 6.87. The van der Waals surface area contributed by atoms with E-state index in [1.807, 2.05) is 12.1 Å². The average molecular weight is 545 g/mol. The number of nitrogens with one attached hydrogen (secondary N) is 1. The van der Waals surface area contributed by atoms with Crippen LogP contribution in [0.1, 0.15) is 111 Å². The first-order valence-electron chi connectivity index (χ1n) is 14.7. The molecule has 8 nitrogen and oxygen atoms in total. The van der Waals surface area contributed by atoms with Crippen LogP contribution in [0.25, 0.3) is 0 Å². The van der Waals surface area contributed by atoms with E-state index in [-0.39, 0.29) is 29.9 Å². The van der Waals surface area contributed by atoms with Crippen molar-refractivity contribution in [2.75, 3.05) is 6.61 Å². The number of fused-ring (bicyclic) bond motifs is 6. The molecule has 6 bridgehead atoms. The van der Waals surface area contributed by atoms with Crippen molar-refractivity contribution in [2.24, 2.45) is 10.7 Å². The molecular weight excluding hydrogens is 504 g/mol. The second kappa shape index (κ2) is 10.1. The molecule has 2 aromatic carbocycles. The molecule has 212 valence electrons. The minimum Gasteiger partial charge on any atom is -0.493 e. The summed E-state index contributed by atoms with van der Waals surface area (Å²) >= 11 is 0. The molecule has 0 saturated heterocycles. The third kappa shape index (κ3) is 4.93. The van der Waals surface area contributed by atoms with Crippen LogP contribution in [0.4, 0.5) is 0 Å². The van der Waals surface area contributed by atoms with Crippen LogP contribution < -0.4 is 20.5 Å². The number of nitrogens with two attached hydrogens (primary N) is 1. The van der Waals surface area contributed by atoms with E-state index in [0.717, 1.165) is 55.4 Å². The first-order chi connectivity index (χ1) is 19.2. The number of guanidine groups is 1. The number of carbonyl (C=O) groups excluding carboxylic acids is 2. The smallest absolute Gasteiger partial charge is 0.251 e. The lowest BCUT2D eigenvalue weighted by Crippen LogP contribution is -2.53. The normalized spacial score (nSPS) is 27.8. The average Bonchev–Trinajstić information content (AvgIpc) is 2.91. The number of aliphatic imine (C=N–C) groups is 1. The lowest BCUT2D eigenvalue weighted by molar-refractivity contribution is -0.132. The topological polar surface area (TPSA) is 106 Å². The Hall–Kier alpha value is -3.55. The van der Waals surface area contributed by atoms with Gasteiger partial charge in [0.15, 0.2) is 5.96 Å². The number of hydrogen-bond donors (Lipinski definition) is 2. The maximum Gasteiger partial charge on any atom is 0.251 e. The van der Waals surface area contributed by atoms with E-state index in [0.29, 0.717) is 37.2 Å². The zero-order valence-corrected chi connectivity index (χ0v) is 23.8. The van der Waals surface area contributed by atoms with Crippen molar-refractivity contribution in [2.45, 2.75) is 102 Å². The zero-order valence-electron chi connectivity index (χ0n) is 23.8. The van der Waals surface area contributed by atoms with Crippen LogP contribution in [-0.4, -0.2) is 40.4 Å². The molecule has 40 heavy (non-hydrogen) atoms. The van der Waals surface area contributed by atoms with E-state index in [2.05, 4.69) is 44.3 Å². The molecule has 7 rings (SSSR count). The minimum atomic E-state index is -0.459. The number of benzene rings is 2. The summed E-state index contributed by atoms with van der Waals surface area (Å²) in [5.41, 5.74) is 9.28. The van der Waals surface area contributed by atoms with Crippen molar-refractivity contribution in [3.8, 4) is 11.5 Å². The van der Waals surface area contributed by atoms with E-state index in [4.69, 9.17) is 20.2 Å². The highest BCUT2D eigenvalue weighted by Crippen LogP contribution is 2.42. The van der Waals surface area contributed by atoms with E-state index in [9.17, 15) is 9.59 Å². The highest BCUT2D eigenvalue weighted by atomic mass is 16.5. The van der Waals surface area contributed by atoms with E-state index < -0.39 is 11.1 Å². The molecular formula is C32H40N4O4. The number of nitrogens with zero attached hydrogens (tertiary/aromatic N) is 2. The first kappa shape index (κ1) is 26.7. The van der Waals surface area contributed by atoms with E-state index in [1.165, 1.54) is 5.56 Å². The number of aryl methyl sites for hydroxylation is 1. The van der Waals surface area contributed by atoms with Crippen LogP contribution >= 0.6 is 0 Å². The molecule has 0 spiro atoms. The number of hydrogen-bond acceptors (Lipinski definition) is 6. The Bertz CT molecular complexity index is 1370. The van der Waals surface area contributed by atoms with Gasteiger partial charge in [-0.2, -0.15) is 0 Å². The summed E-state index contributed by atoms with van der Waals surface area (Å²) in [5, 5.41) is 3.29. The SMILES string of the molecule is CCC12CCCCCc3ccc4c(c3)C(CC(C)(C)O4)NC(=O)c3ccc4c(c3)C(CCO4)N(C(=O)C1)C(N)=N2. The summed E-state index contributed by atoms with van der Waals surface area (Å²) in [7, 11) is 0. The molecule has 5 heterocycles. The molecule has 5 aliphatic rings. The third-order valence-electron chi connectivity index (χ3n) is 9.04. The summed E-state index contributed by atoms with van der Waals surface area (Å²) in [4.78, 5) is 34.0. The number of rotatable bonds is 1. The molecule has 3 unspecified atom stereocenters. The standard InChI is InChI=1S/C32H40N4O4/c1-4-32-14-7-5-6-8-20-9-11-27-22(16-20)24(18-31(2,3)40-27)34-29(38)21-10-12-26-23(17-21)25(13-15-39-26)36(28(37)19-32)30(33)35-32/h9-12,16-17,24-25H,4-8,13-15,18-19H2,1-3H3,(H2,33,35)(H,34,38). The van der Waals surface area contributed by atoms with Gasteiger partial charge in [-0.05, 0) is 69.4 Å². The maximum atomic E-state index is 13.7. The first-order valence-corrected chi connectivity index (χ1v) is 14.7. The van der Waals surface area contributed by atoms with Gasteiger partial charge in [0.05, 0.1) is 30.7 Å². The summed E-state index contributed by atoms with van der Waals surface area (Å²) in [6.45, 7) is 6.67. The van der Waals surface area contributed by atoms with Gasteiger partial charge in [0.2, 0.25) is 5.91 Å². The molecule has 0 aromatic heterocycles. The molecule has 5 aliphatic heterocycles. The van der Waals surface area contributed by atoms with E-state index >= 15 is 0 Å². The quantitative estimate of drug-likeness (QED) is 0.503. The second-order valence-corrected chi connectivity index (χ2v) is 12.4. The molecule has 3 atom stereocenters. The number of amides is 2. The Labute approximate surface area is 236 Å². The predicted molar refractivity (Wildman–Crippen MR) is 154 cm³/mol. The third-order valence-corrected chi connectivity index (χ3v) is 9.04. The second-order valence-electron chi connectivity index (χ2n) is 12.4. The van der Waals surface area contributed by atoms with Crippen molar-refractivity contribution < 1.29 is 19.1 Å². The van der Waals surface area contributed by atoms with Gasteiger partial charge >= 0.3 is 0 Å². The fraction of sp³-hybridized carbons (Fsp3) is 0.531. The Morgan fingerprint density at radius 2 is 1.90 bits per heavy atom. The highest BCUT2D eigenvalue weighted by Gasteiger charge is 2.42. The van der Waals surface area contributed by atoms with Gasteiger partial charge in [0, 0.05) is 29.5 Å². The Morgan fingerprint density at radius 1 is 1.07 bits per heavy atom. The van der Waals surface area contributed by atoms with Crippen molar-refractivity contribution in [1.29, 1.82) is 0 Å². The molecule has 0 saturated carbocycles. The van der Waals surface area contributed by atoms with Crippen molar-refractivity contribution in [1.82, 2.24) is 10.2 Å². The molecule has 2 aromatic rings. The Kier molecular flexibility index (Phi) is 6.75. The maximum absolute atomic E-state index is 13.7. The van der Waals surface area contributed by atoms with Gasteiger partial charge in [-0.3, -0.25) is 14.5 Å². The van der Waals surface area contributed by atoms with Gasteiger partial charge < -0.3 is 20.5 Å². The lowest BCUT2D eigenvalue weighted by Gasteiger charge is -2.42. The summed E-state index contributed by atoms with van der Waals surface area (Å²) < 4.78 is 12.2. The fourth-order valence-electron chi connectivity index (χ4n) is 6.87. The van der Waals surface area contributed by atoms with Crippen LogP contribution in [-0.2, 0) is 11.2 Å². The molecule has 0 fully saturated rings. The molecule has 8 heteroatoms. The van der Waals surface area contributed by atoms with E-state index in [1.54, 1.807) is 11.0 Å². The molecule has 2 amide bonds. The summed E-state index contributed by atoms with van der Waals surface area (Å²) in [6, 6.07) is 11.4. The van der Waals surface area contributed by atoms with Gasteiger partial charge in [-0.25, -0.2) is 4.99 Å².